The van der Waals surface area contributed by atoms with Gasteiger partial charge >= 0.3 is 0 Å². The number of nitrogens with one attached hydrogen (secondary N) is 1. The van der Waals surface area contributed by atoms with E-state index in [0.29, 0.717) is 6.54 Å². The van der Waals surface area contributed by atoms with Gasteiger partial charge in [-0.05, 0) is 44.0 Å². The van der Waals surface area contributed by atoms with E-state index in [2.05, 4.69) is 40.2 Å². The van der Waals surface area contributed by atoms with Crippen LogP contribution in [0.3, 0.4) is 0 Å². The van der Waals surface area contributed by atoms with Crippen molar-refractivity contribution in [3.63, 3.8) is 0 Å². The molecule has 1 N–H and O–H groups in total. The number of nitrogens with zero attached hydrogens (tertiary/aromatic N) is 2. The van der Waals surface area contributed by atoms with Gasteiger partial charge in [0.05, 0.1) is 13.7 Å². The number of amides is 1. The molecule has 0 bridgehead atoms. The molecule has 28 heavy (non-hydrogen) atoms. The van der Waals surface area contributed by atoms with Gasteiger partial charge in [0.1, 0.15) is 5.75 Å². The Morgan fingerprint density at radius 2 is 1.61 bits per heavy atom. The van der Waals surface area contributed by atoms with E-state index >= 15 is 0 Å². The second-order valence-electron chi connectivity index (χ2n) is 7.73. The van der Waals surface area contributed by atoms with E-state index in [1.807, 2.05) is 32.0 Å². The fraction of sp³-hybridized carbons (Fsp3) is 0.435. The summed E-state index contributed by atoms with van der Waals surface area (Å²) in [6, 6.07) is 12.5. The van der Waals surface area contributed by atoms with Crippen molar-refractivity contribution in [3.8, 4) is 5.75 Å². The lowest BCUT2D eigenvalue weighted by atomic mass is 10.1. The van der Waals surface area contributed by atoms with Crippen molar-refractivity contribution < 1.29 is 9.53 Å². The van der Waals surface area contributed by atoms with Gasteiger partial charge in [-0.3, -0.25) is 14.6 Å². The third kappa shape index (κ3) is 5.33. The second kappa shape index (κ2) is 9.22. The first-order chi connectivity index (χ1) is 13.4. The lowest BCUT2D eigenvalue weighted by Gasteiger charge is -2.34. The number of hydrogen-bond acceptors (Lipinski definition) is 4. The number of benzene rings is 2. The zero-order chi connectivity index (χ0) is 20.1. The third-order valence-electron chi connectivity index (χ3n) is 5.33. The summed E-state index contributed by atoms with van der Waals surface area (Å²) in [6.45, 7) is 11.2. The number of piperazine rings is 1. The molecular formula is C23H31N3O2. The van der Waals surface area contributed by atoms with E-state index in [1.165, 1.54) is 11.1 Å². The molecule has 2 aromatic carbocycles. The highest BCUT2D eigenvalue weighted by atomic mass is 16.5. The van der Waals surface area contributed by atoms with Crippen LogP contribution in [-0.4, -0.2) is 55.5 Å². The molecule has 0 aromatic heterocycles. The monoisotopic (exact) mass is 381 g/mol. The fourth-order valence-electron chi connectivity index (χ4n) is 3.64. The number of ether oxygens (including phenoxy) is 1. The third-order valence-corrected chi connectivity index (χ3v) is 5.33. The summed E-state index contributed by atoms with van der Waals surface area (Å²) in [6.07, 6.45) is 0. The Hall–Kier alpha value is -2.37. The van der Waals surface area contributed by atoms with Gasteiger partial charge in [-0.25, -0.2) is 0 Å². The van der Waals surface area contributed by atoms with Crippen molar-refractivity contribution >= 4 is 11.6 Å². The standard InChI is InChI=1S/C23H31N3O2/c1-17-6-8-22(28-4)20(13-17)15-25-9-11-26(12-10-25)16-23(27)24-21-14-18(2)5-7-19(21)3/h5-8,13-14H,9-12,15-16H2,1-4H3,(H,24,27). The SMILES string of the molecule is COc1ccc(C)cc1CN1CCN(CC(=O)Nc2cc(C)ccc2C)CC1. The molecule has 1 aliphatic heterocycles. The molecule has 1 heterocycles. The lowest BCUT2D eigenvalue weighted by Crippen LogP contribution is -2.48. The molecule has 0 atom stereocenters. The number of carbonyl (C=O) groups excluding carboxylic acids is 1. The molecule has 2 aromatic rings. The van der Waals surface area contributed by atoms with E-state index in [-0.39, 0.29) is 5.91 Å². The summed E-state index contributed by atoms with van der Waals surface area (Å²) in [7, 11) is 1.72. The Bertz CT molecular complexity index is 827. The van der Waals surface area contributed by atoms with Gasteiger partial charge in [-0.2, -0.15) is 0 Å². The molecule has 0 saturated carbocycles. The van der Waals surface area contributed by atoms with Gasteiger partial charge in [0.25, 0.3) is 0 Å². The first-order valence-corrected chi connectivity index (χ1v) is 9.90. The molecule has 5 heteroatoms. The van der Waals surface area contributed by atoms with Crippen molar-refractivity contribution in [2.24, 2.45) is 0 Å². The van der Waals surface area contributed by atoms with E-state index in [4.69, 9.17) is 4.74 Å². The quantitative estimate of drug-likeness (QED) is 0.833. The highest BCUT2D eigenvalue weighted by Crippen LogP contribution is 2.22. The van der Waals surface area contributed by atoms with Crippen LogP contribution in [0, 0.1) is 20.8 Å². The molecule has 150 valence electrons. The Morgan fingerprint density at radius 3 is 2.32 bits per heavy atom. The average molecular weight is 382 g/mol. The van der Waals surface area contributed by atoms with Gasteiger partial charge in [0, 0.05) is 44.0 Å². The van der Waals surface area contributed by atoms with Crippen molar-refractivity contribution in [2.45, 2.75) is 27.3 Å². The second-order valence-corrected chi connectivity index (χ2v) is 7.73. The number of rotatable bonds is 6. The predicted octanol–water partition coefficient (Wildman–Crippen LogP) is 3.38. The van der Waals surface area contributed by atoms with Crippen LogP contribution < -0.4 is 10.1 Å². The Balaban J connectivity index is 1.49. The Morgan fingerprint density at radius 1 is 0.964 bits per heavy atom. The minimum atomic E-state index is 0.0579. The molecule has 0 spiro atoms. The minimum Gasteiger partial charge on any atom is -0.496 e. The first-order valence-electron chi connectivity index (χ1n) is 9.90. The van der Waals surface area contributed by atoms with Crippen LogP contribution in [0.1, 0.15) is 22.3 Å². The lowest BCUT2D eigenvalue weighted by molar-refractivity contribution is -0.117. The van der Waals surface area contributed by atoms with E-state index in [9.17, 15) is 4.79 Å². The van der Waals surface area contributed by atoms with Crippen LogP contribution in [0.25, 0.3) is 0 Å². The molecule has 0 aliphatic carbocycles. The molecule has 5 nitrogen and oxygen atoms in total. The van der Waals surface area contributed by atoms with Crippen LogP contribution in [0.15, 0.2) is 36.4 Å². The van der Waals surface area contributed by atoms with Crippen LogP contribution in [-0.2, 0) is 11.3 Å². The average Bonchev–Trinajstić information content (AvgIpc) is 2.66. The summed E-state index contributed by atoms with van der Waals surface area (Å²) in [5.74, 6) is 1.00. The number of anilines is 1. The maximum absolute atomic E-state index is 12.5. The largest absolute Gasteiger partial charge is 0.496 e. The number of aryl methyl sites for hydroxylation is 3. The molecule has 1 aliphatic rings. The molecule has 1 saturated heterocycles. The van der Waals surface area contributed by atoms with Crippen molar-refractivity contribution in [1.82, 2.24) is 9.80 Å². The topological polar surface area (TPSA) is 44.8 Å². The maximum Gasteiger partial charge on any atom is 0.238 e. The highest BCUT2D eigenvalue weighted by Gasteiger charge is 2.20. The van der Waals surface area contributed by atoms with E-state index in [0.717, 1.165) is 55.3 Å². The van der Waals surface area contributed by atoms with Gasteiger partial charge < -0.3 is 10.1 Å². The zero-order valence-corrected chi connectivity index (χ0v) is 17.4. The van der Waals surface area contributed by atoms with Crippen molar-refractivity contribution in [1.29, 1.82) is 0 Å². The summed E-state index contributed by atoms with van der Waals surface area (Å²) in [5, 5.41) is 3.06. The van der Waals surface area contributed by atoms with Crippen molar-refractivity contribution in [2.75, 3.05) is 45.2 Å². The predicted molar refractivity (Wildman–Crippen MR) is 114 cm³/mol. The normalized spacial score (nSPS) is 15.4. The van der Waals surface area contributed by atoms with E-state index in [1.54, 1.807) is 7.11 Å². The molecular weight excluding hydrogens is 350 g/mol. The number of carbonyl (C=O) groups is 1. The van der Waals surface area contributed by atoms with Gasteiger partial charge in [0.2, 0.25) is 5.91 Å². The molecule has 1 amide bonds. The smallest absolute Gasteiger partial charge is 0.238 e. The van der Waals surface area contributed by atoms with Gasteiger partial charge in [-0.15, -0.1) is 0 Å². The Kier molecular flexibility index (Phi) is 6.70. The summed E-state index contributed by atoms with van der Waals surface area (Å²) < 4.78 is 5.50. The first kappa shape index (κ1) is 20.4. The Labute approximate surface area is 168 Å². The molecule has 0 radical (unpaired) electrons. The number of hydrogen-bond donors (Lipinski definition) is 1. The molecule has 3 rings (SSSR count). The maximum atomic E-state index is 12.5. The summed E-state index contributed by atoms with van der Waals surface area (Å²) >= 11 is 0. The zero-order valence-electron chi connectivity index (χ0n) is 17.4. The van der Waals surface area contributed by atoms with Crippen LogP contribution in [0.4, 0.5) is 5.69 Å². The van der Waals surface area contributed by atoms with Crippen molar-refractivity contribution in [3.05, 3.63) is 58.7 Å². The van der Waals surface area contributed by atoms with Gasteiger partial charge in [0.15, 0.2) is 0 Å². The van der Waals surface area contributed by atoms with Gasteiger partial charge in [-0.1, -0.05) is 29.8 Å². The number of methoxy groups -OCH3 is 1. The summed E-state index contributed by atoms with van der Waals surface area (Å²) in [4.78, 5) is 17.1. The fourth-order valence-corrected chi connectivity index (χ4v) is 3.64. The molecule has 1 fully saturated rings. The molecule has 0 unspecified atom stereocenters. The van der Waals surface area contributed by atoms with Crippen LogP contribution >= 0.6 is 0 Å². The minimum absolute atomic E-state index is 0.0579. The highest BCUT2D eigenvalue weighted by molar-refractivity contribution is 5.93. The summed E-state index contributed by atoms with van der Waals surface area (Å²) in [5.41, 5.74) is 5.63. The van der Waals surface area contributed by atoms with Crippen LogP contribution in [0.2, 0.25) is 0 Å². The van der Waals surface area contributed by atoms with E-state index < -0.39 is 0 Å². The van der Waals surface area contributed by atoms with Crippen LogP contribution in [0.5, 0.6) is 5.75 Å².